The first-order valence-electron chi connectivity index (χ1n) is 14.8. The highest BCUT2D eigenvalue weighted by Gasteiger charge is 2.42. The van der Waals surface area contributed by atoms with Crippen molar-refractivity contribution in [3.63, 3.8) is 0 Å². The number of nitrogens with zero attached hydrogens (tertiary/aromatic N) is 5. The van der Waals surface area contributed by atoms with E-state index in [1.807, 2.05) is 32.0 Å². The van der Waals surface area contributed by atoms with Gasteiger partial charge in [-0.05, 0) is 67.9 Å². The summed E-state index contributed by atoms with van der Waals surface area (Å²) in [5.41, 5.74) is 5.18. The molecule has 0 saturated heterocycles. The van der Waals surface area contributed by atoms with Gasteiger partial charge in [0.05, 0.1) is 41.3 Å². The molecule has 3 aromatic heterocycles. The van der Waals surface area contributed by atoms with Crippen LogP contribution in [0.1, 0.15) is 53.4 Å². The SMILES string of the molecule is Cc1cccc(C)c1-c1cc2nc(n1)NS(=O)(=O)c1cccc(c1)C(=O)N(Cc1cnc3occc3n1)[C@H](CC1(C)CC1)CO2. The maximum absolute atomic E-state index is 14.3. The van der Waals surface area contributed by atoms with Crippen molar-refractivity contribution in [3.8, 4) is 17.1 Å². The van der Waals surface area contributed by atoms with Crippen molar-refractivity contribution in [2.45, 2.75) is 57.5 Å². The molecule has 1 aliphatic heterocycles. The molecule has 1 aliphatic carbocycles. The monoisotopic (exact) mass is 624 g/mol. The van der Waals surface area contributed by atoms with Crippen LogP contribution in [-0.4, -0.2) is 51.8 Å². The van der Waals surface area contributed by atoms with Crippen molar-refractivity contribution in [1.29, 1.82) is 0 Å². The minimum absolute atomic E-state index is 0.0493. The standard InChI is InChI=1S/C33H32N6O5S/c1-20-6-4-7-21(2)29(20)27-15-28-37-32(36-27)38-45(41,42)25-9-5-8-22(14-25)31(40)39(24(19-44-28)16-33(3)11-12-33)18-23-17-34-30-26(35-23)10-13-43-30/h4-10,13-15,17,24H,11-12,16,18-19H2,1-3H3,(H,36,37,38)/t24-/m1/s1. The molecule has 4 heterocycles. The molecule has 1 N–H and O–H groups in total. The predicted molar refractivity (Wildman–Crippen MR) is 167 cm³/mol. The van der Waals surface area contributed by atoms with Crippen LogP contribution in [0.4, 0.5) is 5.95 Å². The molecule has 4 bridgehead atoms. The highest BCUT2D eigenvalue weighted by atomic mass is 32.2. The Balaban J connectivity index is 1.36. The Morgan fingerprint density at radius 1 is 1.02 bits per heavy atom. The van der Waals surface area contributed by atoms with E-state index in [4.69, 9.17) is 9.15 Å². The van der Waals surface area contributed by atoms with Crippen LogP contribution in [0.25, 0.3) is 22.5 Å². The van der Waals surface area contributed by atoms with Crippen LogP contribution < -0.4 is 9.46 Å². The van der Waals surface area contributed by atoms with Gasteiger partial charge in [0.2, 0.25) is 17.5 Å². The van der Waals surface area contributed by atoms with Gasteiger partial charge in [-0.25, -0.2) is 28.1 Å². The Hall–Kier alpha value is -4.84. The van der Waals surface area contributed by atoms with Crippen LogP contribution in [0.15, 0.2) is 76.4 Å². The number of fused-ring (bicyclic) bond motifs is 5. The number of ether oxygens (including phenoxy) is 1. The molecule has 230 valence electrons. The minimum atomic E-state index is -4.16. The van der Waals surface area contributed by atoms with Crippen LogP contribution in [0.3, 0.4) is 0 Å². The molecule has 1 saturated carbocycles. The smallest absolute Gasteiger partial charge is 0.264 e. The van der Waals surface area contributed by atoms with Gasteiger partial charge in [-0.15, -0.1) is 0 Å². The van der Waals surface area contributed by atoms with E-state index in [2.05, 4.69) is 31.6 Å². The zero-order valence-corrected chi connectivity index (χ0v) is 26.0. The summed E-state index contributed by atoms with van der Waals surface area (Å²) < 4.78 is 41.5. The quantitative estimate of drug-likeness (QED) is 0.261. The van der Waals surface area contributed by atoms with Gasteiger partial charge < -0.3 is 14.1 Å². The molecule has 11 nitrogen and oxygen atoms in total. The van der Waals surface area contributed by atoms with Gasteiger partial charge in [0, 0.05) is 23.3 Å². The summed E-state index contributed by atoms with van der Waals surface area (Å²) in [6.07, 6.45) is 5.87. The zero-order chi connectivity index (χ0) is 31.3. The second kappa shape index (κ2) is 11.0. The fraction of sp³-hybridized carbons (Fsp3) is 0.303. The number of sulfonamides is 1. The number of aromatic nitrogens is 4. The molecule has 45 heavy (non-hydrogen) atoms. The van der Waals surface area contributed by atoms with Crippen molar-refractivity contribution >= 4 is 33.1 Å². The fourth-order valence-corrected chi connectivity index (χ4v) is 6.86. The minimum Gasteiger partial charge on any atom is -0.475 e. The number of aryl methyl sites for hydroxylation is 2. The number of amides is 1. The second-order valence-corrected chi connectivity index (χ2v) is 13.9. The van der Waals surface area contributed by atoms with Gasteiger partial charge >= 0.3 is 0 Å². The Morgan fingerprint density at radius 3 is 2.58 bits per heavy atom. The average Bonchev–Trinajstić information content (AvgIpc) is 3.55. The lowest BCUT2D eigenvalue weighted by Gasteiger charge is -2.33. The summed E-state index contributed by atoms with van der Waals surface area (Å²) in [7, 11) is -4.16. The zero-order valence-electron chi connectivity index (χ0n) is 25.1. The van der Waals surface area contributed by atoms with E-state index >= 15 is 0 Å². The predicted octanol–water partition coefficient (Wildman–Crippen LogP) is 5.69. The molecule has 1 amide bonds. The number of hydrogen-bond donors (Lipinski definition) is 1. The van der Waals surface area contributed by atoms with E-state index in [0.29, 0.717) is 29.0 Å². The van der Waals surface area contributed by atoms with E-state index in [1.165, 1.54) is 18.4 Å². The lowest BCUT2D eigenvalue weighted by atomic mass is 9.97. The van der Waals surface area contributed by atoms with Crippen molar-refractivity contribution in [2.24, 2.45) is 5.41 Å². The van der Waals surface area contributed by atoms with Crippen LogP contribution in [0.2, 0.25) is 0 Å². The van der Waals surface area contributed by atoms with E-state index in [0.717, 1.165) is 29.5 Å². The molecule has 1 fully saturated rings. The Kier molecular flexibility index (Phi) is 7.03. The number of carbonyl (C=O) groups excluding carboxylic acids is 1. The van der Waals surface area contributed by atoms with Crippen molar-refractivity contribution < 1.29 is 22.4 Å². The molecular formula is C33H32N6O5S. The first kappa shape index (κ1) is 28.9. The molecule has 2 aromatic carbocycles. The lowest BCUT2D eigenvalue weighted by molar-refractivity contribution is 0.0537. The van der Waals surface area contributed by atoms with E-state index in [1.54, 1.807) is 35.4 Å². The van der Waals surface area contributed by atoms with Crippen molar-refractivity contribution in [1.82, 2.24) is 24.8 Å². The van der Waals surface area contributed by atoms with Gasteiger partial charge in [-0.1, -0.05) is 31.2 Å². The topological polar surface area (TPSA) is 140 Å². The number of carbonyl (C=O) groups is 1. The highest BCUT2D eigenvalue weighted by Crippen LogP contribution is 2.49. The van der Waals surface area contributed by atoms with Crippen molar-refractivity contribution in [2.75, 3.05) is 11.3 Å². The van der Waals surface area contributed by atoms with Crippen LogP contribution in [0, 0.1) is 19.3 Å². The summed E-state index contributed by atoms with van der Waals surface area (Å²) in [4.78, 5) is 34.0. The Morgan fingerprint density at radius 2 is 1.80 bits per heavy atom. The van der Waals surface area contributed by atoms with E-state index in [9.17, 15) is 13.2 Å². The number of benzene rings is 2. The number of hydrogen-bond acceptors (Lipinski definition) is 9. The summed E-state index contributed by atoms with van der Waals surface area (Å²) in [5, 5.41) is 0. The van der Waals surface area contributed by atoms with Crippen molar-refractivity contribution in [3.05, 3.63) is 89.4 Å². The number of furan rings is 1. The third-order valence-electron chi connectivity index (χ3n) is 8.57. The second-order valence-electron chi connectivity index (χ2n) is 12.2. The summed E-state index contributed by atoms with van der Waals surface area (Å²) in [6, 6.07) is 15.0. The van der Waals surface area contributed by atoms with E-state index < -0.39 is 10.0 Å². The molecule has 1 atom stereocenters. The first-order chi connectivity index (χ1) is 21.6. The Labute approximate surface area is 260 Å². The molecular weight excluding hydrogens is 592 g/mol. The first-order valence-corrected chi connectivity index (χ1v) is 16.3. The largest absolute Gasteiger partial charge is 0.475 e. The Bertz CT molecular complexity index is 2040. The molecule has 5 aromatic rings. The highest BCUT2D eigenvalue weighted by molar-refractivity contribution is 7.92. The van der Waals surface area contributed by atoms with Crippen LogP contribution in [0.5, 0.6) is 5.88 Å². The van der Waals surface area contributed by atoms with Gasteiger partial charge in [-0.3, -0.25) is 4.79 Å². The van der Waals surface area contributed by atoms with E-state index in [-0.39, 0.29) is 52.8 Å². The van der Waals surface area contributed by atoms with Gasteiger partial charge in [-0.2, -0.15) is 4.98 Å². The maximum Gasteiger partial charge on any atom is 0.264 e. The summed E-state index contributed by atoms with van der Waals surface area (Å²) >= 11 is 0. The summed E-state index contributed by atoms with van der Waals surface area (Å²) in [6.45, 7) is 6.41. The third-order valence-corrected chi connectivity index (χ3v) is 9.89. The fourth-order valence-electron chi connectivity index (χ4n) is 5.87. The number of rotatable bonds is 5. The number of nitrogens with one attached hydrogen (secondary N) is 1. The van der Waals surface area contributed by atoms with Crippen LogP contribution >= 0.6 is 0 Å². The van der Waals surface area contributed by atoms with Gasteiger partial charge in [0.15, 0.2) is 0 Å². The normalized spacial score (nSPS) is 18.7. The maximum atomic E-state index is 14.3. The molecule has 0 radical (unpaired) electrons. The molecule has 0 spiro atoms. The van der Waals surface area contributed by atoms with Crippen LogP contribution in [-0.2, 0) is 16.6 Å². The van der Waals surface area contributed by atoms with Gasteiger partial charge in [0.25, 0.3) is 15.9 Å². The third kappa shape index (κ3) is 5.85. The molecule has 12 heteroatoms. The molecule has 2 aliphatic rings. The molecule has 0 unspecified atom stereocenters. The lowest BCUT2D eigenvalue weighted by Crippen LogP contribution is -2.44. The summed E-state index contributed by atoms with van der Waals surface area (Å²) in [5.74, 6) is -0.260. The average molecular weight is 625 g/mol. The molecule has 7 rings (SSSR count). The van der Waals surface area contributed by atoms with Gasteiger partial charge in [0.1, 0.15) is 12.1 Å². The number of anilines is 1.